The number of hydrogen-bond donors (Lipinski definition) is 4. The average Bonchev–Trinajstić information content (AvgIpc) is 2.88. The lowest BCUT2D eigenvalue weighted by Crippen LogP contribution is -2.45. The van der Waals surface area contributed by atoms with Crippen molar-refractivity contribution in [1.29, 1.82) is 0 Å². The molecule has 36 heavy (non-hydrogen) atoms. The molecule has 0 amide bonds. The molecular formula is C25H35N5O6. The van der Waals surface area contributed by atoms with E-state index in [-0.39, 0.29) is 42.9 Å². The highest BCUT2D eigenvalue weighted by Crippen LogP contribution is 2.38. The number of anilines is 2. The fraction of sp³-hybridized carbons (Fsp3) is 0.480. The van der Waals surface area contributed by atoms with Gasteiger partial charge in [-0.05, 0) is 39.8 Å². The standard InChI is InChI=1S/C25H35N5O6/c1-5-29(35,6-2)13-11-26-16-9-10-17(27-12-14-30(36,7-3)8-4)20-19(16)23(32)21-18(31)15-28-25(34)22(21)24(20)33/h9-10,15,26-27,31H,5-8,11-14H2,1-4H3,(H,28,34). The Balaban J connectivity index is 2.03. The normalized spacial score (nSPS) is 13.4. The molecule has 0 saturated heterocycles. The minimum Gasteiger partial charge on any atom is -0.633 e. The SMILES string of the molecule is CC[N+]([O-])(CC)CCNc1ccc(NCC[N+]([O-])(CC)CC)c2c1C(=O)c1c(O)c[nH]c(=O)c1C2=O. The maximum Gasteiger partial charge on any atom is 0.260 e. The van der Waals surface area contributed by atoms with Gasteiger partial charge in [-0.3, -0.25) is 14.4 Å². The number of carbonyl (C=O) groups excluding carboxylic acids is 2. The average molecular weight is 502 g/mol. The zero-order valence-corrected chi connectivity index (χ0v) is 21.3. The first-order chi connectivity index (χ1) is 17.0. The van der Waals surface area contributed by atoms with Crippen LogP contribution >= 0.6 is 0 Å². The molecular weight excluding hydrogens is 466 g/mol. The molecule has 0 radical (unpaired) electrons. The molecule has 1 aliphatic rings. The van der Waals surface area contributed by atoms with Crippen molar-refractivity contribution in [2.75, 3.05) is 63.0 Å². The Morgan fingerprint density at radius 1 is 0.750 bits per heavy atom. The van der Waals surface area contributed by atoms with E-state index in [1.165, 1.54) is 0 Å². The van der Waals surface area contributed by atoms with Crippen LogP contribution in [-0.2, 0) is 0 Å². The Hall–Kier alpha value is -3.25. The van der Waals surface area contributed by atoms with Gasteiger partial charge in [-0.25, -0.2) is 0 Å². The molecule has 0 bridgehead atoms. The highest BCUT2D eigenvalue weighted by molar-refractivity contribution is 6.32. The lowest BCUT2D eigenvalue weighted by atomic mass is 9.82. The number of nitrogens with zero attached hydrogens (tertiary/aromatic N) is 2. The summed E-state index contributed by atoms with van der Waals surface area (Å²) >= 11 is 0. The van der Waals surface area contributed by atoms with Crippen molar-refractivity contribution >= 4 is 22.9 Å². The molecule has 0 atom stereocenters. The molecule has 3 rings (SSSR count). The molecule has 0 unspecified atom stereocenters. The lowest BCUT2D eigenvalue weighted by Gasteiger charge is -2.41. The number of aromatic nitrogens is 1. The van der Waals surface area contributed by atoms with Crippen LogP contribution in [0.25, 0.3) is 0 Å². The van der Waals surface area contributed by atoms with Crippen LogP contribution in [0.4, 0.5) is 11.4 Å². The van der Waals surface area contributed by atoms with Gasteiger partial charge in [-0.15, -0.1) is 0 Å². The summed E-state index contributed by atoms with van der Waals surface area (Å²) in [7, 11) is 0. The zero-order chi connectivity index (χ0) is 26.7. The van der Waals surface area contributed by atoms with Crippen molar-refractivity contribution in [1.82, 2.24) is 4.98 Å². The van der Waals surface area contributed by atoms with Crippen molar-refractivity contribution in [3.05, 3.63) is 61.4 Å². The van der Waals surface area contributed by atoms with E-state index in [4.69, 9.17) is 0 Å². The number of pyridine rings is 1. The van der Waals surface area contributed by atoms with E-state index in [9.17, 15) is 29.9 Å². The summed E-state index contributed by atoms with van der Waals surface area (Å²) in [5.41, 5.74) is -0.881. The third-order valence-electron chi connectivity index (χ3n) is 7.16. The quantitative estimate of drug-likeness (QED) is 0.218. The van der Waals surface area contributed by atoms with Crippen molar-refractivity contribution in [2.24, 2.45) is 0 Å². The maximum absolute atomic E-state index is 13.5. The Morgan fingerprint density at radius 3 is 1.58 bits per heavy atom. The van der Waals surface area contributed by atoms with Crippen LogP contribution in [-0.4, -0.2) is 83.3 Å². The number of ketones is 2. The molecule has 11 heteroatoms. The third-order valence-corrected chi connectivity index (χ3v) is 7.16. The van der Waals surface area contributed by atoms with E-state index in [1.54, 1.807) is 12.1 Å². The fourth-order valence-corrected chi connectivity index (χ4v) is 4.45. The molecule has 1 aliphatic carbocycles. The Labute approximate surface area is 210 Å². The van der Waals surface area contributed by atoms with E-state index >= 15 is 0 Å². The Morgan fingerprint density at radius 2 is 1.17 bits per heavy atom. The van der Waals surface area contributed by atoms with Gasteiger partial charge in [0.05, 0.1) is 69.0 Å². The van der Waals surface area contributed by atoms with E-state index in [0.29, 0.717) is 37.6 Å². The predicted octanol–water partition coefficient (Wildman–Crippen LogP) is 2.39. The summed E-state index contributed by atoms with van der Waals surface area (Å²) in [6, 6.07) is 3.24. The second-order valence-electron chi connectivity index (χ2n) is 9.00. The van der Waals surface area contributed by atoms with E-state index in [2.05, 4.69) is 15.6 Å². The largest absolute Gasteiger partial charge is 0.633 e. The van der Waals surface area contributed by atoms with E-state index in [1.807, 2.05) is 27.7 Å². The van der Waals surface area contributed by atoms with Crippen LogP contribution in [0.15, 0.2) is 23.1 Å². The number of fused-ring (bicyclic) bond motifs is 2. The number of benzene rings is 1. The van der Waals surface area contributed by atoms with Gasteiger partial charge in [-0.1, -0.05) is 0 Å². The van der Waals surface area contributed by atoms with Crippen molar-refractivity contribution in [3.63, 3.8) is 0 Å². The summed E-state index contributed by atoms with van der Waals surface area (Å²) in [5, 5.41) is 41.8. The van der Waals surface area contributed by atoms with Crippen molar-refractivity contribution < 1.29 is 24.0 Å². The number of hydroxylamine groups is 6. The van der Waals surface area contributed by atoms with Crippen molar-refractivity contribution in [3.8, 4) is 5.75 Å². The van der Waals surface area contributed by atoms with E-state index < -0.39 is 37.7 Å². The first kappa shape index (κ1) is 27.3. The smallest absolute Gasteiger partial charge is 0.260 e. The molecule has 196 valence electrons. The number of quaternary nitrogens is 2. The minimum absolute atomic E-state index is 0.000504. The number of rotatable bonds is 12. The van der Waals surface area contributed by atoms with Crippen LogP contribution in [0, 0.1) is 10.4 Å². The van der Waals surface area contributed by atoms with Crippen LogP contribution in [0.1, 0.15) is 59.5 Å². The highest BCUT2D eigenvalue weighted by atomic mass is 16.5. The fourth-order valence-electron chi connectivity index (χ4n) is 4.45. The topological polar surface area (TPSA) is 157 Å². The Kier molecular flexibility index (Phi) is 8.19. The Bertz CT molecular complexity index is 1200. The summed E-state index contributed by atoms with van der Waals surface area (Å²) in [6.45, 7) is 9.83. The molecule has 0 saturated carbocycles. The summed E-state index contributed by atoms with van der Waals surface area (Å²) in [6.07, 6.45) is 0.986. The number of H-pyrrole nitrogens is 1. The third kappa shape index (κ3) is 5.14. The second kappa shape index (κ2) is 10.8. The molecule has 0 aliphatic heterocycles. The predicted molar refractivity (Wildman–Crippen MR) is 138 cm³/mol. The van der Waals surface area contributed by atoms with Gasteiger partial charge in [0.15, 0.2) is 0 Å². The number of nitrogens with one attached hydrogen (secondary N) is 3. The summed E-state index contributed by atoms with van der Waals surface area (Å²) in [5.74, 6) is -1.86. The molecule has 0 spiro atoms. The number of likely N-dealkylation sites (N-methyl/N-ethyl adjacent to an activating group) is 2. The van der Waals surface area contributed by atoms with Crippen LogP contribution in [0.2, 0.25) is 0 Å². The van der Waals surface area contributed by atoms with Gasteiger partial charge in [0.1, 0.15) is 11.3 Å². The van der Waals surface area contributed by atoms with Gasteiger partial charge < -0.3 is 40.4 Å². The molecule has 1 heterocycles. The van der Waals surface area contributed by atoms with Gasteiger partial charge >= 0.3 is 0 Å². The molecule has 1 aromatic carbocycles. The van der Waals surface area contributed by atoms with Crippen molar-refractivity contribution in [2.45, 2.75) is 27.7 Å². The lowest BCUT2D eigenvalue weighted by molar-refractivity contribution is -0.875. The zero-order valence-electron chi connectivity index (χ0n) is 21.3. The number of hydrogen-bond acceptors (Lipinski definition) is 8. The second-order valence-corrected chi connectivity index (χ2v) is 9.00. The molecule has 0 fully saturated rings. The number of aromatic amines is 1. The first-order valence-corrected chi connectivity index (χ1v) is 12.4. The van der Waals surface area contributed by atoms with Gasteiger partial charge in [0.25, 0.3) is 5.56 Å². The van der Waals surface area contributed by atoms with Crippen LogP contribution in [0.3, 0.4) is 0 Å². The van der Waals surface area contributed by atoms with Gasteiger partial charge in [0.2, 0.25) is 11.6 Å². The van der Waals surface area contributed by atoms with E-state index in [0.717, 1.165) is 6.20 Å². The monoisotopic (exact) mass is 501 g/mol. The van der Waals surface area contributed by atoms with Crippen LogP contribution in [0.5, 0.6) is 5.75 Å². The first-order valence-electron chi connectivity index (χ1n) is 12.4. The number of aromatic hydroxyl groups is 1. The maximum atomic E-state index is 13.5. The molecule has 2 aromatic rings. The molecule has 4 N–H and O–H groups in total. The molecule has 1 aromatic heterocycles. The highest BCUT2D eigenvalue weighted by Gasteiger charge is 2.38. The summed E-state index contributed by atoms with van der Waals surface area (Å²) in [4.78, 5) is 41.9. The number of carbonyl (C=O) groups is 2. The van der Waals surface area contributed by atoms with Gasteiger partial charge in [-0.2, -0.15) is 0 Å². The summed E-state index contributed by atoms with van der Waals surface area (Å²) < 4.78 is -0.826. The van der Waals surface area contributed by atoms with Gasteiger partial charge in [0, 0.05) is 17.6 Å². The molecule has 11 nitrogen and oxygen atoms in total. The van der Waals surface area contributed by atoms with Crippen LogP contribution < -0.4 is 16.2 Å². The minimum atomic E-state index is -0.775.